The maximum absolute atomic E-state index is 11.9. The highest BCUT2D eigenvalue weighted by Crippen LogP contribution is 2.30. The summed E-state index contributed by atoms with van der Waals surface area (Å²) in [5.74, 6) is 0.773. The van der Waals surface area contributed by atoms with Gasteiger partial charge in [-0.3, -0.25) is 0 Å². The first-order valence-electron chi connectivity index (χ1n) is 8.66. The fourth-order valence-corrected chi connectivity index (χ4v) is 3.02. The average Bonchev–Trinajstić information content (AvgIpc) is 2.69. The van der Waals surface area contributed by atoms with E-state index in [4.69, 9.17) is 10.5 Å². The molecule has 0 saturated carbocycles. The summed E-state index contributed by atoms with van der Waals surface area (Å²) < 4.78 is 4.83. The molecule has 1 aliphatic rings. The number of aromatic nitrogens is 2. The molecule has 2 heterocycles. The van der Waals surface area contributed by atoms with Gasteiger partial charge in [0.25, 0.3) is 0 Å². The van der Waals surface area contributed by atoms with Gasteiger partial charge in [-0.2, -0.15) is 0 Å². The molecule has 0 bridgehead atoms. The standard InChI is InChI=1S/C18H24N6O2/c1-3-23-8-10-24(11-9-23)17-15(19)16(20-12-21-17)22-14-7-5-4-6-13(14)18(25)26-2/h4-7,12H,3,8-11,19H2,1-2H3,(H,20,21,22). The summed E-state index contributed by atoms with van der Waals surface area (Å²) >= 11 is 0. The third-order valence-electron chi connectivity index (χ3n) is 4.57. The summed E-state index contributed by atoms with van der Waals surface area (Å²) in [6.45, 7) is 6.90. The minimum Gasteiger partial charge on any atom is -0.465 e. The number of methoxy groups -OCH3 is 1. The van der Waals surface area contributed by atoms with Crippen LogP contribution in [0.5, 0.6) is 0 Å². The lowest BCUT2D eigenvalue weighted by molar-refractivity contribution is 0.0602. The fourth-order valence-electron chi connectivity index (χ4n) is 3.02. The quantitative estimate of drug-likeness (QED) is 0.782. The molecule has 1 aromatic carbocycles. The predicted molar refractivity (Wildman–Crippen MR) is 102 cm³/mol. The van der Waals surface area contributed by atoms with E-state index in [0.717, 1.165) is 32.7 Å². The first-order chi connectivity index (χ1) is 12.6. The zero-order chi connectivity index (χ0) is 18.5. The van der Waals surface area contributed by atoms with Crippen LogP contribution in [0, 0.1) is 0 Å². The molecule has 0 amide bonds. The van der Waals surface area contributed by atoms with Crippen molar-refractivity contribution in [2.45, 2.75) is 6.92 Å². The van der Waals surface area contributed by atoms with Crippen molar-refractivity contribution < 1.29 is 9.53 Å². The van der Waals surface area contributed by atoms with E-state index in [2.05, 4.69) is 32.0 Å². The lowest BCUT2D eigenvalue weighted by Crippen LogP contribution is -2.46. The SMILES string of the molecule is CCN1CCN(c2ncnc(Nc3ccccc3C(=O)OC)c2N)CC1. The van der Waals surface area contributed by atoms with Crippen molar-refractivity contribution >= 4 is 29.0 Å². The van der Waals surface area contributed by atoms with Gasteiger partial charge >= 0.3 is 5.97 Å². The molecular weight excluding hydrogens is 332 g/mol. The molecule has 0 spiro atoms. The molecule has 138 valence electrons. The van der Waals surface area contributed by atoms with Crippen LogP contribution >= 0.6 is 0 Å². The van der Waals surface area contributed by atoms with Crippen molar-refractivity contribution in [3.05, 3.63) is 36.2 Å². The number of esters is 1. The number of nitrogens with zero attached hydrogens (tertiary/aromatic N) is 4. The van der Waals surface area contributed by atoms with E-state index in [-0.39, 0.29) is 0 Å². The van der Waals surface area contributed by atoms with Crippen molar-refractivity contribution in [2.75, 3.05) is 55.8 Å². The van der Waals surface area contributed by atoms with Gasteiger partial charge in [-0.15, -0.1) is 0 Å². The third kappa shape index (κ3) is 3.70. The number of ether oxygens (including phenoxy) is 1. The van der Waals surface area contributed by atoms with Crippen molar-refractivity contribution in [1.82, 2.24) is 14.9 Å². The molecule has 2 aromatic rings. The summed E-state index contributed by atoms with van der Waals surface area (Å²) in [6.07, 6.45) is 1.49. The number of carbonyl (C=O) groups is 1. The molecule has 1 saturated heterocycles. The molecule has 0 aliphatic carbocycles. The largest absolute Gasteiger partial charge is 0.465 e. The second kappa shape index (κ2) is 8.01. The van der Waals surface area contributed by atoms with Gasteiger partial charge in [0.15, 0.2) is 11.6 Å². The van der Waals surface area contributed by atoms with E-state index in [1.807, 2.05) is 6.07 Å². The van der Waals surface area contributed by atoms with Crippen molar-refractivity contribution in [1.29, 1.82) is 0 Å². The van der Waals surface area contributed by atoms with Crippen molar-refractivity contribution in [2.24, 2.45) is 0 Å². The topological polar surface area (TPSA) is 96.6 Å². The van der Waals surface area contributed by atoms with Gasteiger partial charge in [0.05, 0.1) is 18.4 Å². The molecular formula is C18H24N6O2. The van der Waals surface area contributed by atoms with Crippen LogP contribution in [-0.4, -0.2) is 60.7 Å². The molecule has 1 aromatic heterocycles. The van der Waals surface area contributed by atoms with E-state index in [9.17, 15) is 4.79 Å². The van der Waals surface area contributed by atoms with Crippen LogP contribution in [0.1, 0.15) is 17.3 Å². The zero-order valence-electron chi connectivity index (χ0n) is 15.1. The number of hydrogen-bond acceptors (Lipinski definition) is 8. The van der Waals surface area contributed by atoms with Crippen LogP contribution in [0.4, 0.5) is 23.0 Å². The van der Waals surface area contributed by atoms with Crippen LogP contribution in [0.15, 0.2) is 30.6 Å². The lowest BCUT2D eigenvalue weighted by atomic mass is 10.2. The molecule has 3 N–H and O–H groups in total. The molecule has 3 rings (SSSR count). The Balaban J connectivity index is 1.84. The molecule has 26 heavy (non-hydrogen) atoms. The number of likely N-dealkylation sites (N-methyl/N-ethyl adjacent to an activating group) is 1. The van der Waals surface area contributed by atoms with Gasteiger partial charge in [0.2, 0.25) is 0 Å². The average molecular weight is 356 g/mol. The molecule has 0 radical (unpaired) electrons. The number of hydrogen-bond donors (Lipinski definition) is 2. The lowest BCUT2D eigenvalue weighted by Gasteiger charge is -2.35. The molecule has 8 heteroatoms. The zero-order valence-corrected chi connectivity index (χ0v) is 15.1. The number of nitrogens with two attached hydrogens (primary N) is 1. The van der Waals surface area contributed by atoms with Crippen LogP contribution in [0.25, 0.3) is 0 Å². The van der Waals surface area contributed by atoms with Crippen LogP contribution in [0.3, 0.4) is 0 Å². The Kier molecular flexibility index (Phi) is 5.52. The maximum Gasteiger partial charge on any atom is 0.339 e. The van der Waals surface area contributed by atoms with E-state index in [0.29, 0.717) is 28.6 Å². The molecule has 1 aliphatic heterocycles. The Hall–Kier alpha value is -2.87. The second-order valence-corrected chi connectivity index (χ2v) is 6.04. The number of para-hydroxylation sites is 1. The molecule has 0 atom stereocenters. The minimum atomic E-state index is -0.420. The second-order valence-electron chi connectivity index (χ2n) is 6.04. The first-order valence-corrected chi connectivity index (χ1v) is 8.66. The summed E-state index contributed by atoms with van der Waals surface area (Å²) in [5.41, 5.74) is 7.81. The van der Waals surface area contributed by atoms with Crippen LogP contribution < -0.4 is 16.0 Å². The minimum absolute atomic E-state index is 0.420. The molecule has 0 unspecified atom stereocenters. The van der Waals surface area contributed by atoms with E-state index in [1.54, 1.807) is 18.2 Å². The Bertz CT molecular complexity index is 774. The first kappa shape index (κ1) is 17.9. The van der Waals surface area contributed by atoms with Gasteiger partial charge in [-0.05, 0) is 18.7 Å². The fraction of sp³-hybridized carbons (Fsp3) is 0.389. The monoisotopic (exact) mass is 356 g/mol. The number of nitrogen functional groups attached to an aromatic ring is 1. The Labute approximate surface area is 153 Å². The maximum atomic E-state index is 11.9. The van der Waals surface area contributed by atoms with Gasteiger partial charge < -0.3 is 25.6 Å². The predicted octanol–water partition coefficient (Wildman–Crippen LogP) is 1.73. The van der Waals surface area contributed by atoms with Gasteiger partial charge in [0.1, 0.15) is 12.0 Å². The highest BCUT2D eigenvalue weighted by Gasteiger charge is 2.21. The van der Waals surface area contributed by atoms with Gasteiger partial charge in [-0.25, -0.2) is 14.8 Å². The normalized spacial score (nSPS) is 14.9. The number of anilines is 4. The molecule has 1 fully saturated rings. The van der Waals surface area contributed by atoms with Crippen LogP contribution in [0.2, 0.25) is 0 Å². The van der Waals surface area contributed by atoms with E-state index in [1.165, 1.54) is 13.4 Å². The third-order valence-corrected chi connectivity index (χ3v) is 4.57. The van der Waals surface area contributed by atoms with E-state index >= 15 is 0 Å². The summed E-state index contributed by atoms with van der Waals surface area (Å²) in [6, 6.07) is 7.08. The van der Waals surface area contributed by atoms with E-state index < -0.39 is 5.97 Å². The Morgan fingerprint density at radius 1 is 1.23 bits per heavy atom. The number of carbonyl (C=O) groups excluding carboxylic acids is 1. The summed E-state index contributed by atoms with van der Waals surface area (Å²) in [4.78, 5) is 25.1. The highest BCUT2D eigenvalue weighted by molar-refractivity contribution is 5.97. The number of piperazine rings is 1. The summed E-state index contributed by atoms with van der Waals surface area (Å²) in [7, 11) is 1.35. The van der Waals surface area contributed by atoms with Crippen molar-refractivity contribution in [3.63, 3.8) is 0 Å². The van der Waals surface area contributed by atoms with Gasteiger partial charge in [-0.1, -0.05) is 19.1 Å². The molecule has 8 nitrogen and oxygen atoms in total. The Morgan fingerprint density at radius 3 is 2.65 bits per heavy atom. The number of nitrogens with one attached hydrogen (secondary N) is 1. The highest BCUT2D eigenvalue weighted by atomic mass is 16.5. The number of rotatable bonds is 5. The Morgan fingerprint density at radius 2 is 1.96 bits per heavy atom. The van der Waals surface area contributed by atoms with Crippen molar-refractivity contribution in [3.8, 4) is 0 Å². The number of benzene rings is 1. The smallest absolute Gasteiger partial charge is 0.339 e. The van der Waals surface area contributed by atoms with Crippen LogP contribution in [-0.2, 0) is 4.74 Å². The van der Waals surface area contributed by atoms with Gasteiger partial charge in [0, 0.05) is 26.2 Å². The summed E-state index contributed by atoms with van der Waals surface area (Å²) in [5, 5.41) is 3.14.